The Kier molecular flexibility index (Phi) is 3.81. The molecular weight excluding hydrogens is 228 g/mol. The van der Waals surface area contributed by atoms with E-state index in [2.05, 4.69) is 22.7 Å². The first kappa shape index (κ1) is 12.8. The number of carbonyl (C=O) groups excluding carboxylic acids is 1. The van der Waals surface area contributed by atoms with E-state index in [1.807, 2.05) is 13.0 Å². The van der Waals surface area contributed by atoms with Gasteiger partial charge in [-0.3, -0.25) is 4.79 Å². The maximum absolute atomic E-state index is 12.0. The highest BCUT2D eigenvalue weighted by atomic mass is 16.1. The molecule has 0 aromatic carbocycles. The largest absolute Gasteiger partial charge is 0.352 e. The molecule has 1 fully saturated rings. The van der Waals surface area contributed by atoms with Gasteiger partial charge in [-0.1, -0.05) is 13.8 Å². The Bertz CT molecular complexity index is 424. The zero-order valence-corrected chi connectivity index (χ0v) is 10.9. The van der Waals surface area contributed by atoms with E-state index in [0.29, 0.717) is 17.3 Å². The maximum Gasteiger partial charge on any atom is 0.251 e. The van der Waals surface area contributed by atoms with Gasteiger partial charge in [0.25, 0.3) is 5.91 Å². The number of anilines is 1. The fourth-order valence-corrected chi connectivity index (χ4v) is 1.98. The minimum Gasteiger partial charge on any atom is -0.352 e. The van der Waals surface area contributed by atoms with Crippen LogP contribution >= 0.6 is 0 Å². The van der Waals surface area contributed by atoms with Crippen molar-refractivity contribution in [2.75, 3.05) is 12.0 Å². The number of nitrogens with zero attached hydrogens (tertiary/aromatic N) is 1. The van der Waals surface area contributed by atoms with Crippen molar-refractivity contribution < 1.29 is 4.79 Å². The molecule has 1 aromatic rings. The van der Waals surface area contributed by atoms with Gasteiger partial charge in [0.1, 0.15) is 5.82 Å². The van der Waals surface area contributed by atoms with Crippen molar-refractivity contribution >= 4 is 11.7 Å². The molecule has 98 valence electrons. The van der Waals surface area contributed by atoms with E-state index in [9.17, 15) is 4.79 Å². The molecule has 0 bridgehead atoms. The standard InChI is InChI=1S/C13H20N4O/c1-3-11-5-9(6-12(16-11)17-14)13(18)15-7-10-4-8(10)2/h5-6,8,10H,3-4,7,14H2,1-2H3,(H,15,18)(H,16,17). The molecule has 18 heavy (non-hydrogen) atoms. The van der Waals surface area contributed by atoms with Gasteiger partial charge in [-0.2, -0.15) is 0 Å². The molecule has 0 aliphatic heterocycles. The number of hydrazine groups is 1. The molecule has 1 aromatic heterocycles. The molecule has 1 heterocycles. The predicted molar refractivity (Wildman–Crippen MR) is 71.0 cm³/mol. The number of pyridine rings is 1. The fraction of sp³-hybridized carbons (Fsp3) is 0.538. The van der Waals surface area contributed by atoms with Crippen LogP contribution in [0.15, 0.2) is 12.1 Å². The van der Waals surface area contributed by atoms with Crippen LogP contribution in [0.25, 0.3) is 0 Å². The lowest BCUT2D eigenvalue weighted by Gasteiger charge is -2.08. The summed E-state index contributed by atoms with van der Waals surface area (Å²) in [5.41, 5.74) is 3.96. The van der Waals surface area contributed by atoms with E-state index in [1.165, 1.54) is 6.42 Å². The average Bonchev–Trinajstić information content (AvgIpc) is 3.11. The van der Waals surface area contributed by atoms with Crippen LogP contribution in [0.5, 0.6) is 0 Å². The second-order valence-corrected chi connectivity index (χ2v) is 4.91. The smallest absolute Gasteiger partial charge is 0.251 e. The SMILES string of the molecule is CCc1cc(C(=O)NCC2CC2C)cc(NN)n1. The Labute approximate surface area is 107 Å². The van der Waals surface area contributed by atoms with Gasteiger partial charge < -0.3 is 10.7 Å². The maximum atomic E-state index is 12.0. The third kappa shape index (κ3) is 2.98. The Morgan fingerprint density at radius 1 is 1.56 bits per heavy atom. The Balaban J connectivity index is 2.03. The van der Waals surface area contributed by atoms with Crippen molar-refractivity contribution in [2.45, 2.75) is 26.7 Å². The molecule has 2 atom stereocenters. The molecule has 1 aliphatic carbocycles. The average molecular weight is 248 g/mol. The van der Waals surface area contributed by atoms with Crippen molar-refractivity contribution in [1.82, 2.24) is 10.3 Å². The highest BCUT2D eigenvalue weighted by Crippen LogP contribution is 2.36. The molecule has 2 rings (SSSR count). The van der Waals surface area contributed by atoms with Crippen LogP contribution in [0.2, 0.25) is 0 Å². The van der Waals surface area contributed by atoms with Gasteiger partial charge in [0.2, 0.25) is 0 Å². The van der Waals surface area contributed by atoms with Crippen LogP contribution in [-0.4, -0.2) is 17.4 Å². The molecule has 1 aliphatic rings. The summed E-state index contributed by atoms with van der Waals surface area (Å²) in [7, 11) is 0. The molecule has 0 spiro atoms. The van der Waals surface area contributed by atoms with Crippen molar-refractivity contribution in [3.8, 4) is 0 Å². The fourth-order valence-electron chi connectivity index (χ4n) is 1.98. The lowest BCUT2D eigenvalue weighted by Crippen LogP contribution is -2.26. The van der Waals surface area contributed by atoms with E-state index >= 15 is 0 Å². The highest BCUT2D eigenvalue weighted by molar-refractivity contribution is 5.95. The van der Waals surface area contributed by atoms with E-state index in [-0.39, 0.29) is 5.91 Å². The van der Waals surface area contributed by atoms with Crippen molar-refractivity contribution in [2.24, 2.45) is 17.7 Å². The number of hydrogen-bond donors (Lipinski definition) is 3. The van der Waals surface area contributed by atoms with Gasteiger partial charge in [0, 0.05) is 17.8 Å². The number of aryl methyl sites for hydroxylation is 1. The second-order valence-electron chi connectivity index (χ2n) is 4.91. The van der Waals surface area contributed by atoms with Crippen LogP contribution < -0.4 is 16.6 Å². The van der Waals surface area contributed by atoms with Crippen LogP contribution in [0.1, 0.15) is 36.3 Å². The molecule has 1 amide bonds. The molecule has 0 saturated heterocycles. The number of hydrogen-bond acceptors (Lipinski definition) is 4. The second kappa shape index (κ2) is 5.35. The Hall–Kier alpha value is -1.62. The van der Waals surface area contributed by atoms with Crippen molar-refractivity contribution in [1.29, 1.82) is 0 Å². The van der Waals surface area contributed by atoms with Crippen molar-refractivity contribution in [3.05, 3.63) is 23.4 Å². The van der Waals surface area contributed by atoms with Crippen molar-refractivity contribution in [3.63, 3.8) is 0 Å². The van der Waals surface area contributed by atoms with Gasteiger partial charge in [0.15, 0.2) is 0 Å². The van der Waals surface area contributed by atoms with E-state index in [4.69, 9.17) is 5.84 Å². The van der Waals surface area contributed by atoms with Gasteiger partial charge in [0.05, 0.1) is 0 Å². The van der Waals surface area contributed by atoms with Gasteiger partial charge in [-0.05, 0) is 36.8 Å². The molecule has 0 radical (unpaired) electrons. The van der Waals surface area contributed by atoms with Crippen LogP contribution in [0.4, 0.5) is 5.82 Å². The lowest BCUT2D eigenvalue weighted by atomic mass is 10.2. The third-order valence-electron chi connectivity index (χ3n) is 3.45. The van der Waals surface area contributed by atoms with Gasteiger partial charge in [-0.15, -0.1) is 0 Å². The third-order valence-corrected chi connectivity index (χ3v) is 3.45. The summed E-state index contributed by atoms with van der Waals surface area (Å²) in [6, 6.07) is 3.48. The van der Waals surface area contributed by atoms with Crippen LogP contribution in [-0.2, 0) is 6.42 Å². The zero-order chi connectivity index (χ0) is 13.1. The van der Waals surface area contributed by atoms with Gasteiger partial charge in [-0.25, -0.2) is 10.8 Å². The van der Waals surface area contributed by atoms with Crippen LogP contribution in [0.3, 0.4) is 0 Å². The Morgan fingerprint density at radius 2 is 2.28 bits per heavy atom. The topological polar surface area (TPSA) is 80.0 Å². The lowest BCUT2D eigenvalue weighted by molar-refractivity contribution is 0.0951. The summed E-state index contributed by atoms with van der Waals surface area (Å²) < 4.78 is 0. The summed E-state index contributed by atoms with van der Waals surface area (Å²) in [6.45, 7) is 4.96. The number of aromatic nitrogens is 1. The highest BCUT2D eigenvalue weighted by Gasteiger charge is 2.32. The molecule has 5 heteroatoms. The summed E-state index contributed by atoms with van der Waals surface area (Å²) in [4.78, 5) is 16.3. The first-order valence-corrected chi connectivity index (χ1v) is 6.39. The first-order chi connectivity index (χ1) is 8.63. The summed E-state index contributed by atoms with van der Waals surface area (Å²) in [5, 5.41) is 2.96. The monoisotopic (exact) mass is 248 g/mol. The van der Waals surface area contributed by atoms with E-state index < -0.39 is 0 Å². The summed E-state index contributed by atoms with van der Waals surface area (Å²) >= 11 is 0. The summed E-state index contributed by atoms with van der Waals surface area (Å²) in [6.07, 6.45) is 1.99. The minimum absolute atomic E-state index is 0.0531. The van der Waals surface area contributed by atoms with Gasteiger partial charge >= 0.3 is 0 Å². The van der Waals surface area contributed by atoms with Crippen LogP contribution in [0, 0.1) is 11.8 Å². The first-order valence-electron chi connectivity index (χ1n) is 6.39. The molecule has 5 nitrogen and oxygen atoms in total. The summed E-state index contributed by atoms with van der Waals surface area (Å²) in [5.74, 6) is 7.22. The number of rotatable bonds is 5. The van der Waals surface area contributed by atoms with E-state index in [0.717, 1.165) is 24.6 Å². The normalized spacial score (nSPS) is 21.5. The zero-order valence-electron chi connectivity index (χ0n) is 10.9. The number of nitrogen functional groups attached to an aromatic ring is 1. The molecule has 4 N–H and O–H groups in total. The number of carbonyl (C=O) groups is 1. The number of nitrogens with two attached hydrogens (primary N) is 1. The number of nitrogens with one attached hydrogen (secondary N) is 2. The minimum atomic E-state index is -0.0531. The predicted octanol–water partition coefficient (Wildman–Crippen LogP) is 1.32. The molecule has 2 unspecified atom stereocenters. The Morgan fingerprint density at radius 3 is 2.83 bits per heavy atom. The quantitative estimate of drug-likeness (QED) is 0.542. The number of amides is 1. The molecule has 1 saturated carbocycles. The van der Waals surface area contributed by atoms with E-state index in [1.54, 1.807) is 6.07 Å². The molecular formula is C13H20N4O.